The molecule has 1 amide bonds. The zero-order valence-corrected chi connectivity index (χ0v) is 13.2. The fourth-order valence-electron chi connectivity index (χ4n) is 2.62. The molecule has 0 aliphatic heterocycles. The molecule has 0 saturated heterocycles. The second-order valence-electron chi connectivity index (χ2n) is 5.45. The largest absolute Gasteiger partial charge is 0.506 e. The van der Waals surface area contributed by atoms with Gasteiger partial charge in [0.15, 0.2) is 0 Å². The van der Waals surface area contributed by atoms with Crippen molar-refractivity contribution >= 4 is 22.5 Å². The molecule has 0 spiro atoms. The molecule has 0 atom stereocenters. The van der Waals surface area contributed by atoms with Gasteiger partial charge < -0.3 is 14.6 Å². The number of carbonyl (C=O) groups excluding carboxylic acids is 1. The molecule has 0 bridgehead atoms. The average molecular weight is 326 g/mol. The van der Waals surface area contributed by atoms with Gasteiger partial charge in [0.1, 0.15) is 17.1 Å². The number of benzene rings is 2. The number of hydrogen-bond donors (Lipinski definition) is 1. The number of carbonyl (C=O) groups is 1. The number of rotatable bonds is 2. The maximum Gasteiger partial charge on any atom is 0.267 e. The van der Waals surface area contributed by atoms with Crippen LogP contribution < -0.4 is 10.5 Å². The van der Waals surface area contributed by atoms with Gasteiger partial charge in [0, 0.05) is 25.2 Å². The molecule has 0 fully saturated rings. The first kappa shape index (κ1) is 15.7. The van der Waals surface area contributed by atoms with Crippen LogP contribution >= 0.6 is 0 Å². The number of anilines is 1. The fraction of sp³-hybridized carbons (Fsp3) is 0.111. The van der Waals surface area contributed by atoms with Crippen LogP contribution in [0.2, 0.25) is 0 Å². The third-order valence-electron chi connectivity index (χ3n) is 4.01. The number of aromatic nitrogens is 1. The molecule has 3 rings (SSSR count). The van der Waals surface area contributed by atoms with Crippen LogP contribution in [0, 0.1) is 5.82 Å². The summed E-state index contributed by atoms with van der Waals surface area (Å²) in [6, 6.07) is 12.1. The van der Waals surface area contributed by atoms with Crippen molar-refractivity contribution in [1.29, 1.82) is 0 Å². The van der Waals surface area contributed by atoms with Crippen molar-refractivity contribution in [1.82, 2.24) is 4.57 Å². The van der Waals surface area contributed by atoms with Crippen LogP contribution in [-0.2, 0) is 7.05 Å². The Morgan fingerprint density at radius 2 is 1.75 bits per heavy atom. The van der Waals surface area contributed by atoms with E-state index in [1.54, 1.807) is 31.3 Å². The smallest absolute Gasteiger partial charge is 0.267 e. The van der Waals surface area contributed by atoms with Crippen LogP contribution in [0.1, 0.15) is 10.4 Å². The lowest BCUT2D eigenvalue weighted by atomic mass is 10.1. The van der Waals surface area contributed by atoms with Crippen LogP contribution in [0.5, 0.6) is 5.75 Å². The van der Waals surface area contributed by atoms with Crippen molar-refractivity contribution in [3.8, 4) is 5.75 Å². The van der Waals surface area contributed by atoms with Crippen LogP contribution in [0.4, 0.5) is 10.1 Å². The van der Waals surface area contributed by atoms with E-state index in [1.165, 1.54) is 40.8 Å². The predicted octanol–water partition coefficient (Wildman–Crippen LogP) is 2.66. The summed E-state index contributed by atoms with van der Waals surface area (Å²) in [4.78, 5) is 26.5. The molecule has 0 unspecified atom stereocenters. The molecule has 0 aliphatic carbocycles. The highest BCUT2D eigenvalue weighted by atomic mass is 19.1. The van der Waals surface area contributed by atoms with Crippen LogP contribution in [0.3, 0.4) is 0 Å². The maximum absolute atomic E-state index is 13.0. The molecule has 6 heteroatoms. The van der Waals surface area contributed by atoms with E-state index in [2.05, 4.69) is 0 Å². The van der Waals surface area contributed by atoms with Gasteiger partial charge in [-0.1, -0.05) is 12.1 Å². The molecular formula is C18H15FN2O3. The Balaban J connectivity index is 2.17. The molecule has 1 aromatic heterocycles. The second-order valence-corrected chi connectivity index (χ2v) is 5.45. The average Bonchev–Trinajstić information content (AvgIpc) is 2.60. The SMILES string of the molecule is CN(C(=O)c1c(O)c2ccccc2n(C)c1=O)c1ccc(F)cc1. The van der Waals surface area contributed by atoms with E-state index in [4.69, 9.17) is 0 Å². The minimum atomic E-state index is -0.662. The second kappa shape index (κ2) is 5.81. The number of para-hydroxylation sites is 1. The van der Waals surface area contributed by atoms with Crippen LogP contribution in [0.25, 0.3) is 10.9 Å². The normalized spacial score (nSPS) is 10.8. The zero-order valence-electron chi connectivity index (χ0n) is 13.2. The minimum Gasteiger partial charge on any atom is -0.506 e. The number of fused-ring (bicyclic) bond motifs is 1. The summed E-state index contributed by atoms with van der Waals surface area (Å²) in [5.74, 6) is -1.44. The number of amides is 1. The summed E-state index contributed by atoms with van der Waals surface area (Å²) in [5, 5.41) is 10.9. The maximum atomic E-state index is 13.0. The standard InChI is InChI=1S/C18H15FN2O3/c1-20(12-9-7-11(19)8-10-12)17(23)15-16(22)13-5-3-4-6-14(13)21(2)18(15)24/h3-10,22H,1-2H3. The Morgan fingerprint density at radius 3 is 2.42 bits per heavy atom. The predicted molar refractivity (Wildman–Crippen MR) is 90.0 cm³/mol. The van der Waals surface area contributed by atoms with Gasteiger partial charge in [-0.05, 0) is 36.4 Å². The molecule has 5 nitrogen and oxygen atoms in total. The molecule has 0 radical (unpaired) electrons. The van der Waals surface area contributed by atoms with Gasteiger partial charge in [-0.25, -0.2) is 4.39 Å². The molecule has 2 aromatic carbocycles. The summed E-state index contributed by atoms with van der Waals surface area (Å²) in [6.45, 7) is 0. The van der Waals surface area contributed by atoms with Crippen molar-refractivity contribution in [2.75, 3.05) is 11.9 Å². The molecule has 24 heavy (non-hydrogen) atoms. The lowest BCUT2D eigenvalue weighted by molar-refractivity contribution is 0.0988. The van der Waals surface area contributed by atoms with Gasteiger partial charge in [0.25, 0.3) is 11.5 Å². The number of aryl methyl sites for hydroxylation is 1. The summed E-state index contributed by atoms with van der Waals surface area (Å²) in [6.07, 6.45) is 0. The highest BCUT2D eigenvalue weighted by molar-refractivity contribution is 6.10. The van der Waals surface area contributed by atoms with Crippen molar-refractivity contribution < 1.29 is 14.3 Å². The minimum absolute atomic E-state index is 0.317. The molecular weight excluding hydrogens is 311 g/mol. The van der Waals surface area contributed by atoms with Gasteiger partial charge in [0.2, 0.25) is 0 Å². The first-order valence-electron chi connectivity index (χ1n) is 7.26. The van der Waals surface area contributed by atoms with E-state index in [0.717, 1.165) is 0 Å². The summed E-state index contributed by atoms with van der Waals surface area (Å²) in [7, 11) is 3.00. The number of hydrogen-bond acceptors (Lipinski definition) is 3. The highest BCUT2D eigenvalue weighted by Crippen LogP contribution is 2.27. The quantitative estimate of drug-likeness (QED) is 0.787. The summed E-state index contributed by atoms with van der Waals surface area (Å²) < 4.78 is 14.4. The summed E-state index contributed by atoms with van der Waals surface area (Å²) >= 11 is 0. The van der Waals surface area contributed by atoms with Gasteiger partial charge in [-0.3, -0.25) is 9.59 Å². The number of nitrogens with zero attached hydrogens (tertiary/aromatic N) is 2. The number of pyridine rings is 1. The van der Waals surface area contributed by atoms with Crippen molar-refractivity contribution in [3.05, 3.63) is 70.3 Å². The Morgan fingerprint density at radius 1 is 1.12 bits per heavy atom. The molecule has 0 saturated carbocycles. The Hall–Kier alpha value is -3.15. The van der Waals surface area contributed by atoms with Crippen LogP contribution in [-0.4, -0.2) is 22.6 Å². The Kier molecular flexibility index (Phi) is 3.81. The molecule has 1 heterocycles. The monoisotopic (exact) mass is 326 g/mol. The van der Waals surface area contributed by atoms with Gasteiger partial charge in [-0.15, -0.1) is 0 Å². The van der Waals surface area contributed by atoms with Gasteiger partial charge in [-0.2, -0.15) is 0 Å². The first-order valence-corrected chi connectivity index (χ1v) is 7.26. The van der Waals surface area contributed by atoms with E-state index >= 15 is 0 Å². The Labute approximate surface area is 137 Å². The van der Waals surface area contributed by atoms with Gasteiger partial charge >= 0.3 is 0 Å². The van der Waals surface area contributed by atoms with Crippen molar-refractivity contribution in [2.24, 2.45) is 7.05 Å². The summed E-state index contributed by atoms with van der Waals surface area (Å²) in [5.41, 5.74) is 0.0326. The lowest BCUT2D eigenvalue weighted by Crippen LogP contribution is -2.34. The fourth-order valence-corrected chi connectivity index (χ4v) is 2.62. The van der Waals surface area contributed by atoms with E-state index < -0.39 is 17.3 Å². The van der Waals surface area contributed by atoms with E-state index in [9.17, 15) is 19.1 Å². The Bertz CT molecular complexity index is 994. The molecule has 0 aliphatic rings. The lowest BCUT2D eigenvalue weighted by Gasteiger charge is -2.19. The zero-order chi connectivity index (χ0) is 17.4. The van der Waals surface area contributed by atoms with Gasteiger partial charge in [0.05, 0.1) is 5.52 Å². The first-order chi connectivity index (χ1) is 11.4. The number of aromatic hydroxyl groups is 1. The number of halogens is 1. The van der Waals surface area contributed by atoms with E-state index in [0.29, 0.717) is 16.6 Å². The van der Waals surface area contributed by atoms with E-state index in [-0.39, 0.29) is 11.3 Å². The third-order valence-corrected chi connectivity index (χ3v) is 4.01. The van der Waals surface area contributed by atoms with Crippen molar-refractivity contribution in [2.45, 2.75) is 0 Å². The highest BCUT2D eigenvalue weighted by Gasteiger charge is 2.24. The molecule has 1 N–H and O–H groups in total. The molecule has 122 valence electrons. The topological polar surface area (TPSA) is 62.5 Å². The molecule has 3 aromatic rings. The third kappa shape index (κ3) is 2.42. The van der Waals surface area contributed by atoms with Crippen molar-refractivity contribution in [3.63, 3.8) is 0 Å². The van der Waals surface area contributed by atoms with E-state index in [1.807, 2.05) is 0 Å². The van der Waals surface area contributed by atoms with Crippen LogP contribution in [0.15, 0.2) is 53.3 Å².